The molecular weight excluding hydrogens is 298 g/mol. The van der Waals surface area contributed by atoms with Crippen LogP contribution in [0.5, 0.6) is 11.5 Å². The molecule has 1 aromatic carbocycles. The zero-order chi connectivity index (χ0) is 17.2. The third-order valence-electron chi connectivity index (χ3n) is 3.27. The summed E-state index contributed by atoms with van der Waals surface area (Å²) in [5.74, 6) is 0.689. The molecule has 6 heteroatoms. The van der Waals surface area contributed by atoms with Crippen molar-refractivity contribution in [3.8, 4) is 11.5 Å². The molecule has 0 aliphatic heterocycles. The molecule has 23 heavy (non-hydrogen) atoms. The first-order chi connectivity index (χ1) is 11.0. The molecule has 0 fully saturated rings. The summed E-state index contributed by atoms with van der Waals surface area (Å²) in [6.45, 7) is 3.92. The second-order valence-corrected chi connectivity index (χ2v) is 5.12. The fraction of sp³-hybridized carbons (Fsp3) is 0.529. The highest BCUT2D eigenvalue weighted by atomic mass is 16.5. The van der Waals surface area contributed by atoms with Crippen molar-refractivity contribution in [1.29, 1.82) is 0 Å². The third kappa shape index (κ3) is 6.18. The van der Waals surface area contributed by atoms with Gasteiger partial charge in [0.1, 0.15) is 11.5 Å². The lowest BCUT2D eigenvalue weighted by Gasteiger charge is -2.15. The number of anilines is 1. The minimum atomic E-state index is -0.231. The number of hydrogen-bond acceptors (Lipinski definition) is 5. The summed E-state index contributed by atoms with van der Waals surface area (Å²) in [5, 5.41) is 2.69. The van der Waals surface area contributed by atoms with Gasteiger partial charge in [0.15, 0.2) is 0 Å². The fourth-order valence-corrected chi connectivity index (χ4v) is 2.08. The molecule has 0 aliphatic carbocycles. The average molecular weight is 323 g/mol. The Labute approximate surface area is 137 Å². The fourth-order valence-electron chi connectivity index (χ4n) is 2.08. The van der Waals surface area contributed by atoms with E-state index in [2.05, 4.69) is 5.32 Å². The summed E-state index contributed by atoms with van der Waals surface area (Å²) in [7, 11) is 3.07. The van der Waals surface area contributed by atoms with E-state index in [0.29, 0.717) is 30.2 Å². The van der Waals surface area contributed by atoms with Gasteiger partial charge in [-0.15, -0.1) is 0 Å². The number of amides is 1. The second-order valence-electron chi connectivity index (χ2n) is 5.12. The van der Waals surface area contributed by atoms with Crippen LogP contribution in [0.1, 0.15) is 38.7 Å². The zero-order valence-corrected chi connectivity index (χ0v) is 14.2. The number of methoxy groups -OCH3 is 2. The van der Waals surface area contributed by atoms with Crippen LogP contribution in [-0.4, -0.2) is 32.7 Å². The predicted octanol–water partition coefficient (Wildman–Crippen LogP) is 2.94. The number of nitrogens with one attached hydrogen (secondary N) is 1. The Bertz CT molecular complexity index is 542. The molecule has 6 nitrogen and oxygen atoms in total. The normalized spacial score (nSPS) is 10.1. The quantitative estimate of drug-likeness (QED) is 0.559. The Hall–Kier alpha value is -2.24. The maximum Gasteiger partial charge on any atom is 0.306 e. The third-order valence-corrected chi connectivity index (χ3v) is 3.27. The van der Waals surface area contributed by atoms with Crippen LogP contribution in [0.4, 0.5) is 5.69 Å². The molecule has 0 spiro atoms. The van der Waals surface area contributed by atoms with E-state index in [-0.39, 0.29) is 18.3 Å². The van der Waals surface area contributed by atoms with Crippen molar-refractivity contribution in [3.63, 3.8) is 0 Å². The molecule has 0 radical (unpaired) electrons. The molecule has 1 aromatic rings. The van der Waals surface area contributed by atoms with E-state index in [0.717, 1.165) is 18.4 Å². The summed E-state index contributed by atoms with van der Waals surface area (Å²) in [6.07, 6.45) is 2.60. The molecule has 0 atom stereocenters. The van der Waals surface area contributed by atoms with E-state index in [1.807, 2.05) is 6.92 Å². The van der Waals surface area contributed by atoms with E-state index in [9.17, 15) is 9.59 Å². The maximum atomic E-state index is 11.7. The molecular formula is C17H25NO5. The van der Waals surface area contributed by atoms with Gasteiger partial charge in [0.2, 0.25) is 5.91 Å². The molecule has 0 unspecified atom stereocenters. The zero-order valence-electron chi connectivity index (χ0n) is 14.2. The Morgan fingerprint density at radius 2 is 1.83 bits per heavy atom. The van der Waals surface area contributed by atoms with E-state index >= 15 is 0 Å². The van der Waals surface area contributed by atoms with E-state index in [1.165, 1.54) is 14.0 Å². The highest BCUT2D eigenvalue weighted by Gasteiger charge is 2.14. The van der Waals surface area contributed by atoms with Gasteiger partial charge >= 0.3 is 5.97 Å². The van der Waals surface area contributed by atoms with Crippen molar-refractivity contribution >= 4 is 17.6 Å². The Morgan fingerprint density at radius 1 is 1.13 bits per heavy atom. The minimum Gasteiger partial charge on any atom is -0.496 e. The summed E-state index contributed by atoms with van der Waals surface area (Å²) in [4.78, 5) is 22.9. The van der Waals surface area contributed by atoms with Crippen LogP contribution in [0.15, 0.2) is 12.1 Å². The van der Waals surface area contributed by atoms with Crippen molar-refractivity contribution in [2.75, 3.05) is 26.1 Å². The predicted molar refractivity (Wildman–Crippen MR) is 88.0 cm³/mol. The molecule has 1 rings (SSSR count). The van der Waals surface area contributed by atoms with Crippen molar-refractivity contribution < 1.29 is 23.8 Å². The van der Waals surface area contributed by atoms with Gasteiger partial charge in [-0.25, -0.2) is 0 Å². The van der Waals surface area contributed by atoms with Gasteiger partial charge < -0.3 is 19.5 Å². The smallest absolute Gasteiger partial charge is 0.306 e. The summed E-state index contributed by atoms with van der Waals surface area (Å²) < 4.78 is 15.8. The number of unbranched alkanes of at least 4 members (excludes halogenated alkanes) is 1. The van der Waals surface area contributed by atoms with Crippen LogP contribution in [0.3, 0.4) is 0 Å². The maximum absolute atomic E-state index is 11.7. The van der Waals surface area contributed by atoms with Crippen LogP contribution in [0, 0.1) is 0 Å². The van der Waals surface area contributed by atoms with Gasteiger partial charge in [-0.1, -0.05) is 13.3 Å². The van der Waals surface area contributed by atoms with Crippen LogP contribution >= 0.6 is 0 Å². The van der Waals surface area contributed by atoms with Crippen LogP contribution < -0.4 is 14.8 Å². The monoisotopic (exact) mass is 323 g/mol. The number of rotatable bonds is 9. The molecule has 1 N–H and O–H groups in total. The molecule has 0 aromatic heterocycles. The lowest BCUT2D eigenvalue weighted by molar-refractivity contribution is -0.143. The van der Waals surface area contributed by atoms with E-state index in [4.69, 9.17) is 14.2 Å². The largest absolute Gasteiger partial charge is 0.496 e. The Kier molecular flexibility index (Phi) is 7.94. The second kappa shape index (κ2) is 9.71. The van der Waals surface area contributed by atoms with Gasteiger partial charge in [-0.3, -0.25) is 9.59 Å². The molecule has 0 bridgehead atoms. The number of carbonyl (C=O) groups is 2. The van der Waals surface area contributed by atoms with Crippen LogP contribution in [0.2, 0.25) is 0 Å². The molecule has 128 valence electrons. The van der Waals surface area contributed by atoms with Crippen LogP contribution in [0.25, 0.3) is 0 Å². The number of esters is 1. The first-order valence-corrected chi connectivity index (χ1v) is 7.69. The molecule has 1 amide bonds. The SMILES string of the molecule is CCCCOC(=O)CCc1cc(OC)c(NC(C)=O)cc1OC. The van der Waals surface area contributed by atoms with Crippen molar-refractivity contribution in [3.05, 3.63) is 17.7 Å². The van der Waals surface area contributed by atoms with Crippen molar-refractivity contribution in [2.45, 2.75) is 39.5 Å². The molecule has 0 saturated heterocycles. The topological polar surface area (TPSA) is 73.9 Å². The van der Waals surface area contributed by atoms with Gasteiger partial charge in [-0.2, -0.15) is 0 Å². The van der Waals surface area contributed by atoms with Gasteiger partial charge in [-0.05, 0) is 24.5 Å². The molecule has 0 saturated carbocycles. The van der Waals surface area contributed by atoms with Gasteiger partial charge in [0.05, 0.1) is 26.5 Å². The lowest BCUT2D eigenvalue weighted by Crippen LogP contribution is -2.09. The highest BCUT2D eigenvalue weighted by molar-refractivity contribution is 5.91. The standard InChI is InChI=1S/C17H25NO5/c1-5-6-9-23-17(20)8-7-13-10-16(22-4)14(18-12(2)19)11-15(13)21-3/h10-11H,5-9H2,1-4H3,(H,18,19). The van der Waals surface area contributed by atoms with E-state index < -0.39 is 0 Å². The first-order valence-electron chi connectivity index (χ1n) is 7.69. The summed E-state index contributed by atoms with van der Waals surface area (Å²) >= 11 is 0. The number of carbonyl (C=O) groups excluding carboxylic acids is 2. The average Bonchev–Trinajstić information content (AvgIpc) is 2.52. The van der Waals surface area contributed by atoms with Crippen molar-refractivity contribution in [2.24, 2.45) is 0 Å². The minimum absolute atomic E-state index is 0.197. The number of hydrogen-bond donors (Lipinski definition) is 1. The van der Waals surface area contributed by atoms with Gasteiger partial charge in [0.25, 0.3) is 0 Å². The Balaban J connectivity index is 2.81. The van der Waals surface area contributed by atoms with Crippen molar-refractivity contribution in [1.82, 2.24) is 0 Å². The van der Waals surface area contributed by atoms with Gasteiger partial charge in [0, 0.05) is 19.4 Å². The number of benzene rings is 1. The number of aryl methyl sites for hydroxylation is 1. The summed E-state index contributed by atoms with van der Waals surface area (Å²) in [5.41, 5.74) is 1.36. The Morgan fingerprint density at radius 3 is 2.39 bits per heavy atom. The molecule has 0 aliphatic rings. The highest BCUT2D eigenvalue weighted by Crippen LogP contribution is 2.33. The van der Waals surface area contributed by atoms with Crippen LogP contribution in [-0.2, 0) is 20.7 Å². The summed E-state index contributed by atoms with van der Waals surface area (Å²) in [6, 6.07) is 3.46. The van der Waals surface area contributed by atoms with E-state index in [1.54, 1.807) is 19.2 Å². The molecule has 0 heterocycles. The lowest BCUT2D eigenvalue weighted by atomic mass is 10.1. The number of ether oxygens (including phenoxy) is 3. The first kappa shape index (κ1) is 18.8.